The minimum atomic E-state index is -0.0457. The van der Waals surface area contributed by atoms with E-state index in [1.807, 2.05) is 20.0 Å². The van der Waals surface area contributed by atoms with Crippen LogP contribution in [0.2, 0.25) is 0 Å². The van der Waals surface area contributed by atoms with Crippen LogP contribution >= 0.6 is 0 Å². The molecule has 0 amide bonds. The normalized spacial score (nSPS) is 9.64. The average Bonchev–Trinajstić information content (AvgIpc) is 2.32. The summed E-state index contributed by atoms with van der Waals surface area (Å²) in [5, 5.41) is 0. The molecule has 0 saturated carbocycles. The first-order chi connectivity index (χ1) is 5.16. The second-order valence-corrected chi connectivity index (χ2v) is 2.54. The van der Waals surface area contributed by atoms with Crippen LogP contribution in [0.3, 0.4) is 0 Å². The lowest BCUT2D eigenvalue weighted by Gasteiger charge is -1.92. The van der Waals surface area contributed by atoms with Crippen LogP contribution in [0.5, 0.6) is 0 Å². The van der Waals surface area contributed by atoms with Crippen LogP contribution in [0.15, 0.2) is 18.9 Å². The van der Waals surface area contributed by atoms with E-state index >= 15 is 0 Å². The van der Waals surface area contributed by atoms with Gasteiger partial charge in [-0.25, -0.2) is 0 Å². The second-order valence-electron chi connectivity index (χ2n) is 2.54. The van der Waals surface area contributed by atoms with Crippen LogP contribution in [0.4, 0.5) is 0 Å². The standard InChI is InChI=1S/C9H11NO/c1-4-8(11)9-7(3)6(2)5-10-9/h4-5,10H,1H2,2-3H3. The maximum Gasteiger partial charge on any atom is 0.201 e. The van der Waals surface area contributed by atoms with Crippen LogP contribution in [0, 0.1) is 13.8 Å². The zero-order valence-electron chi connectivity index (χ0n) is 6.77. The molecule has 0 aromatic carbocycles. The highest BCUT2D eigenvalue weighted by molar-refractivity contribution is 6.03. The Labute approximate surface area is 65.9 Å². The number of hydrogen-bond donors (Lipinski definition) is 1. The Kier molecular flexibility index (Phi) is 1.94. The van der Waals surface area contributed by atoms with Crippen molar-refractivity contribution in [2.75, 3.05) is 0 Å². The van der Waals surface area contributed by atoms with Gasteiger partial charge >= 0.3 is 0 Å². The first-order valence-electron chi connectivity index (χ1n) is 3.48. The molecule has 1 rings (SSSR count). The summed E-state index contributed by atoms with van der Waals surface area (Å²) in [5.41, 5.74) is 2.77. The molecule has 2 heteroatoms. The Hall–Kier alpha value is -1.31. The van der Waals surface area contributed by atoms with Gasteiger partial charge in [-0.3, -0.25) is 4.79 Å². The molecule has 0 radical (unpaired) electrons. The number of hydrogen-bond acceptors (Lipinski definition) is 1. The lowest BCUT2D eigenvalue weighted by Crippen LogP contribution is -1.95. The highest BCUT2D eigenvalue weighted by Crippen LogP contribution is 2.11. The van der Waals surface area contributed by atoms with Crippen molar-refractivity contribution >= 4 is 5.78 Å². The van der Waals surface area contributed by atoms with Crippen molar-refractivity contribution in [3.8, 4) is 0 Å². The molecule has 0 aliphatic carbocycles. The summed E-state index contributed by atoms with van der Waals surface area (Å²) in [4.78, 5) is 14.0. The van der Waals surface area contributed by atoms with Gasteiger partial charge in [0.05, 0.1) is 5.69 Å². The fourth-order valence-electron chi connectivity index (χ4n) is 0.952. The molecule has 0 unspecified atom stereocenters. The van der Waals surface area contributed by atoms with Crippen molar-refractivity contribution in [3.63, 3.8) is 0 Å². The van der Waals surface area contributed by atoms with E-state index in [2.05, 4.69) is 11.6 Å². The number of allylic oxidation sites excluding steroid dienone is 1. The Balaban J connectivity index is 3.14. The van der Waals surface area contributed by atoms with Crippen molar-refractivity contribution in [1.29, 1.82) is 0 Å². The van der Waals surface area contributed by atoms with Gasteiger partial charge in [0.25, 0.3) is 0 Å². The SMILES string of the molecule is C=CC(=O)c1[nH]cc(C)c1C. The number of carbonyl (C=O) groups excluding carboxylic acids is 1. The first-order valence-corrected chi connectivity index (χ1v) is 3.48. The van der Waals surface area contributed by atoms with Crippen LogP contribution in [-0.2, 0) is 0 Å². The molecule has 58 valence electrons. The number of H-pyrrole nitrogens is 1. The topological polar surface area (TPSA) is 32.9 Å². The molecule has 0 aliphatic rings. The van der Waals surface area contributed by atoms with Gasteiger partial charge in [0.2, 0.25) is 5.78 Å². The third kappa shape index (κ3) is 1.24. The molecule has 0 fully saturated rings. The highest BCUT2D eigenvalue weighted by Gasteiger charge is 2.07. The van der Waals surface area contributed by atoms with E-state index in [1.54, 1.807) is 0 Å². The van der Waals surface area contributed by atoms with Gasteiger partial charge in [-0.15, -0.1) is 0 Å². The Morgan fingerprint density at radius 1 is 1.64 bits per heavy atom. The molecule has 0 saturated heterocycles. The van der Waals surface area contributed by atoms with Gasteiger partial charge in [0, 0.05) is 6.20 Å². The van der Waals surface area contributed by atoms with E-state index in [0.29, 0.717) is 5.69 Å². The molecule has 2 nitrogen and oxygen atoms in total. The van der Waals surface area contributed by atoms with E-state index in [-0.39, 0.29) is 5.78 Å². The number of aromatic nitrogens is 1. The predicted molar refractivity (Wildman–Crippen MR) is 44.8 cm³/mol. The van der Waals surface area contributed by atoms with Crippen LogP contribution in [0.1, 0.15) is 21.6 Å². The molecule has 1 aromatic rings. The molecule has 0 atom stereocenters. The van der Waals surface area contributed by atoms with Crippen molar-refractivity contribution < 1.29 is 4.79 Å². The number of carbonyl (C=O) groups is 1. The highest BCUT2D eigenvalue weighted by atomic mass is 16.1. The van der Waals surface area contributed by atoms with E-state index in [4.69, 9.17) is 0 Å². The zero-order valence-corrected chi connectivity index (χ0v) is 6.77. The van der Waals surface area contributed by atoms with Gasteiger partial charge < -0.3 is 4.98 Å². The maximum absolute atomic E-state index is 11.1. The summed E-state index contributed by atoms with van der Waals surface area (Å²) in [7, 11) is 0. The third-order valence-electron chi connectivity index (χ3n) is 1.83. The van der Waals surface area contributed by atoms with E-state index in [0.717, 1.165) is 11.1 Å². The van der Waals surface area contributed by atoms with Crippen molar-refractivity contribution in [3.05, 3.63) is 35.7 Å². The van der Waals surface area contributed by atoms with Crippen molar-refractivity contribution in [2.45, 2.75) is 13.8 Å². The molecule has 1 N–H and O–H groups in total. The minimum absolute atomic E-state index is 0.0457. The summed E-state index contributed by atoms with van der Waals surface area (Å²) in [6.07, 6.45) is 3.14. The fraction of sp³-hybridized carbons (Fsp3) is 0.222. The van der Waals surface area contributed by atoms with Gasteiger partial charge in [0.1, 0.15) is 0 Å². The molecule has 0 aliphatic heterocycles. The molecular weight excluding hydrogens is 138 g/mol. The van der Waals surface area contributed by atoms with Crippen LogP contribution < -0.4 is 0 Å². The Morgan fingerprint density at radius 2 is 2.27 bits per heavy atom. The van der Waals surface area contributed by atoms with Gasteiger partial charge in [-0.1, -0.05) is 6.58 Å². The summed E-state index contributed by atoms with van der Waals surface area (Å²) in [5.74, 6) is -0.0457. The fourth-order valence-corrected chi connectivity index (χ4v) is 0.952. The molecule has 0 bridgehead atoms. The summed E-state index contributed by atoms with van der Waals surface area (Å²) < 4.78 is 0. The van der Waals surface area contributed by atoms with Crippen molar-refractivity contribution in [2.24, 2.45) is 0 Å². The minimum Gasteiger partial charge on any atom is -0.358 e. The predicted octanol–water partition coefficient (Wildman–Crippen LogP) is 2.00. The summed E-state index contributed by atoms with van der Waals surface area (Å²) in [6, 6.07) is 0. The average molecular weight is 149 g/mol. The number of rotatable bonds is 2. The smallest absolute Gasteiger partial charge is 0.201 e. The largest absolute Gasteiger partial charge is 0.358 e. The molecule has 0 spiro atoms. The first kappa shape index (κ1) is 7.79. The summed E-state index contributed by atoms with van der Waals surface area (Å²) in [6.45, 7) is 7.30. The third-order valence-corrected chi connectivity index (χ3v) is 1.83. The van der Waals surface area contributed by atoms with E-state index < -0.39 is 0 Å². The Morgan fingerprint density at radius 3 is 2.64 bits per heavy atom. The number of nitrogens with one attached hydrogen (secondary N) is 1. The molecule has 1 heterocycles. The number of aromatic amines is 1. The van der Waals surface area contributed by atoms with E-state index in [1.165, 1.54) is 6.08 Å². The van der Waals surface area contributed by atoms with Crippen molar-refractivity contribution in [1.82, 2.24) is 4.98 Å². The summed E-state index contributed by atoms with van der Waals surface area (Å²) >= 11 is 0. The van der Waals surface area contributed by atoms with Gasteiger partial charge in [-0.05, 0) is 31.1 Å². The van der Waals surface area contributed by atoms with E-state index in [9.17, 15) is 4.79 Å². The monoisotopic (exact) mass is 149 g/mol. The number of aryl methyl sites for hydroxylation is 1. The van der Waals surface area contributed by atoms with Crippen LogP contribution in [0.25, 0.3) is 0 Å². The lowest BCUT2D eigenvalue weighted by molar-refractivity contribution is 0.104. The number of ketones is 1. The van der Waals surface area contributed by atoms with Gasteiger partial charge in [0.15, 0.2) is 0 Å². The second kappa shape index (κ2) is 2.74. The Bertz CT molecular complexity index is 297. The molecule has 1 aromatic heterocycles. The molecular formula is C9H11NO. The van der Waals surface area contributed by atoms with Gasteiger partial charge in [-0.2, -0.15) is 0 Å². The molecule has 11 heavy (non-hydrogen) atoms. The quantitative estimate of drug-likeness (QED) is 0.506. The zero-order chi connectivity index (χ0) is 8.43. The van der Waals surface area contributed by atoms with Crippen LogP contribution in [-0.4, -0.2) is 10.8 Å². The maximum atomic E-state index is 11.1. The lowest BCUT2D eigenvalue weighted by atomic mass is 10.1.